The lowest BCUT2D eigenvalue weighted by Crippen LogP contribution is -2.46. The molecule has 1 aliphatic heterocycles. The summed E-state index contributed by atoms with van der Waals surface area (Å²) in [6.07, 6.45) is 2.06. The summed E-state index contributed by atoms with van der Waals surface area (Å²) in [5.41, 5.74) is 0.737. The number of benzene rings is 1. The molecule has 1 saturated heterocycles. The first-order valence-electron chi connectivity index (χ1n) is 7.29. The first kappa shape index (κ1) is 14.9. The molecule has 0 aliphatic carbocycles. The van der Waals surface area contributed by atoms with Crippen LogP contribution in [0.3, 0.4) is 0 Å². The largest absolute Gasteiger partial charge is 0.497 e. The Labute approximate surface area is 121 Å². The van der Waals surface area contributed by atoms with Crippen molar-refractivity contribution in [3.63, 3.8) is 0 Å². The third-order valence-corrected chi connectivity index (χ3v) is 3.69. The number of amides is 1. The molecule has 0 unspecified atom stereocenters. The summed E-state index contributed by atoms with van der Waals surface area (Å²) < 4.78 is 5.11. The van der Waals surface area contributed by atoms with Crippen LogP contribution in [0.2, 0.25) is 0 Å². The molecule has 0 saturated carbocycles. The zero-order chi connectivity index (χ0) is 14.5. The normalized spacial score (nSPS) is 16.5. The van der Waals surface area contributed by atoms with E-state index in [9.17, 15) is 4.79 Å². The van der Waals surface area contributed by atoms with Crippen molar-refractivity contribution in [1.82, 2.24) is 10.2 Å². The van der Waals surface area contributed by atoms with Crippen molar-refractivity contribution in [3.8, 4) is 5.75 Å². The minimum atomic E-state index is 0.121. The maximum absolute atomic E-state index is 12.4. The number of ether oxygens (including phenoxy) is 1. The minimum absolute atomic E-state index is 0.121. The Morgan fingerprint density at radius 3 is 2.35 bits per heavy atom. The fourth-order valence-electron chi connectivity index (χ4n) is 2.64. The third-order valence-electron chi connectivity index (χ3n) is 3.69. The van der Waals surface area contributed by atoms with Crippen LogP contribution in [-0.2, 0) is 0 Å². The van der Waals surface area contributed by atoms with E-state index in [2.05, 4.69) is 19.2 Å². The molecule has 4 nitrogen and oxygen atoms in total. The number of nitrogens with one attached hydrogen (secondary N) is 1. The molecular formula is C16H24N2O2. The van der Waals surface area contributed by atoms with E-state index in [4.69, 9.17) is 4.74 Å². The van der Waals surface area contributed by atoms with Crippen LogP contribution in [-0.4, -0.2) is 43.1 Å². The Hall–Kier alpha value is -1.55. The second-order valence-corrected chi connectivity index (χ2v) is 5.62. The summed E-state index contributed by atoms with van der Waals surface area (Å²) in [5.74, 6) is 0.900. The van der Waals surface area contributed by atoms with E-state index >= 15 is 0 Å². The predicted octanol–water partition coefficient (Wildman–Crippen LogP) is 2.30. The van der Waals surface area contributed by atoms with Crippen molar-refractivity contribution >= 4 is 5.91 Å². The SMILES string of the molecule is COc1ccc(C(=O)N2CCC(NC(C)C)CC2)cc1. The molecule has 0 radical (unpaired) electrons. The van der Waals surface area contributed by atoms with Gasteiger partial charge in [0, 0.05) is 30.7 Å². The van der Waals surface area contributed by atoms with Gasteiger partial charge in [-0.15, -0.1) is 0 Å². The average molecular weight is 276 g/mol. The van der Waals surface area contributed by atoms with Gasteiger partial charge in [0.2, 0.25) is 0 Å². The van der Waals surface area contributed by atoms with Crippen LogP contribution < -0.4 is 10.1 Å². The lowest BCUT2D eigenvalue weighted by atomic mass is 10.0. The van der Waals surface area contributed by atoms with Gasteiger partial charge in [-0.25, -0.2) is 0 Å². The molecule has 1 aliphatic rings. The fraction of sp³-hybridized carbons (Fsp3) is 0.562. The van der Waals surface area contributed by atoms with Gasteiger partial charge >= 0.3 is 0 Å². The van der Waals surface area contributed by atoms with E-state index < -0.39 is 0 Å². The molecule has 4 heteroatoms. The molecule has 0 spiro atoms. The van der Waals surface area contributed by atoms with E-state index in [1.54, 1.807) is 7.11 Å². The van der Waals surface area contributed by atoms with Crippen LogP contribution in [0.15, 0.2) is 24.3 Å². The summed E-state index contributed by atoms with van der Waals surface area (Å²) in [6, 6.07) is 8.37. The van der Waals surface area contributed by atoms with E-state index in [-0.39, 0.29) is 5.91 Å². The fourth-order valence-corrected chi connectivity index (χ4v) is 2.64. The van der Waals surface area contributed by atoms with Gasteiger partial charge in [-0.1, -0.05) is 13.8 Å². The van der Waals surface area contributed by atoms with Crippen LogP contribution in [0.25, 0.3) is 0 Å². The monoisotopic (exact) mass is 276 g/mol. The van der Waals surface area contributed by atoms with Crippen molar-refractivity contribution < 1.29 is 9.53 Å². The van der Waals surface area contributed by atoms with Gasteiger partial charge in [-0.05, 0) is 37.1 Å². The molecule has 0 atom stereocenters. The topological polar surface area (TPSA) is 41.6 Å². The zero-order valence-electron chi connectivity index (χ0n) is 12.6. The number of likely N-dealkylation sites (tertiary alicyclic amines) is 1. The quantitative estimate of drug-likeness (QED) is 0.917. The second-order valence-electron chi connectivity index (χ2n) is 5.62. The number of carbonyl (C=O) groups excluding carboxylic acids is 1. The first-order chi connectivity index (χ1) is 9.60. The maximum atomic E-state index is 12.4. The molecule has 2 rings (SSSR count). The van der Waals surface area contributed by atoms with Crippen LogP contribution in [0.4, 0.5) is 0 Å². The van der Waals surface area contributed by atoms with Gasteiger partial charge in [-0.2, -0.15) is 0 Å². The highest BCUT2D eigenvalue weighted by Crippen LogP contribution is 2.17. The molecule has 1 aromatic rings. The van der Waals surface area contributed by atoms with Gasteiger partial charge in [0.05, 0.1) is 7.11 Å². The summed E-state index contributed by atoms with van der Waals surface area (Å²) >= 11 is 0. The maximum Gasteiger partial charge on any atom is 0.253 e. The zero-order valence-corrected chi connectivity index (χ0v) is 12.6. The number of rotatable bonds is 4. The Morgan fingerprint density at radius 1 is 1.25 bits per heavy atom. The van der Waals surface area contributed by atoms with Crippen LogP contribution in [0.1, 0.15) is 37.0 Å². The Balaban J connectivity index is 1.90. The molecule has 1 N–H and O–H groups in total. The smallest absolute Gasteiger partial charge is 0.253 e. The lowest BCUT2D eigenvalue weighted by molar-refractivity contribution is 0.0703. The molecule has 0 aromatic heterocycles. The lowest BCUT2D eigenvalue weighted by Gasteiger charge is -2.33. The Morgan fingerprint density at radius 2 is 1.85 bits per heavy atom. The Kier molecular flexibility index (Phi) is 5.01. The summed E-state index contributed by atoms with van der Waals surface area (Å²) in [5, 5.41) is 3.54. The summed E-state index contributed by atoms with van der Waals surface area (Å²) in [6.45, 7) is 5.98. The summed E-state index contributed by atoms with van der Waals surface area (Å²) in [4.78, 5) is 14.3. The molecule has 1 heterocycles. The van der Waals surface area contributed by atoms with Crippen LogP contribution in [0, 0.1) is 0 Å². The number of methoxy groups -OCH3 is 1. The highest BCUT2D eigenvalue weighted by molar-refractivity contribution is 5.94. The van der Waals surface area contributed by atoms with Gasteiger partial charge in [0.25, 0.3) is 5.91 Å². The van der Waals surface area contributed by atoms with Crippen LogP contribution in [0.5, 0.6) is 5.75 Å². The van der Waals surface area contributed by atoms with E-state index in [1.807, 2.05) is 29.2 Å². The molecule has 0 bridgehead atoms. The van der Waals surface area contributed by atoms with E-state index in [1.165, 1.54) is 0 Å². The molecule has 110 valence electrons. The van der Waals surface area contributed by atoms with Gasteiger partial charge in [-0.3, -0.25) is 4.79 Å². The summed E-state index contributed by atoms with van der Waals surface area (Å²) in [7, 11) is 1.63. The molecule has 1 amide bonds. The van der Waals surface area contributed by atoms with Crippen molar-refractivity contribution in [2.24, 2.45) is 0 Å². The molecule has 20 heavy (non-hydrogen) atoms. The minimum Gasteiger partial charge on any atom is -0.497 e. The van der Waals surface area contributed by atoms with Crippen molar-refractivity contribution in [2.75, 3.05) is 20.2 Å². The highest BCUT2D eigenvalue weighted by Gasteiger charge is 2.23. The number of nitrogens with zero attached hydrogens (tertiary/aromatic N) is 1. The Bertz CT molecular complexity index is 434. The van der Waals surface area contributed by atoms with Crippen molar-refractivity contribution in [2.45, 2.75) is 38.8 Å². The average Bonchev–Trinajstić information content (AvgIpc) is 2.47. The standard InChI is InChI=1S/C16H24N2O2/c1-12(2)17-14-8-10-18(11-9-14)16(19)13-4-6-15(20-3)7-5-13/h4-7,12,14,17H,8-11H2,1-3H3. The number of hydrogen-bond acceptors (Lipinski definition) is 3. The molecule has 1 fully saturated rings. The first-order valence-corrected chi connectivity index (χ1v) is 7.29. The van der Waals surface area contributed by atoms with Crippen molar-refractivity contribution in [3.05, 3.63) is 29.8 Å². The van der Waals surface area contributed by atoms with Gasteiger partial charge in [0.15, 0.2) is 0 Å². The molecule has 1 aromatic carbocycles. The predicted molar refractivity (Wildman–Crippen MR) is 80.2 cm³/mol. The van der Waals surface area contributed by atoms with Crippen LogP contribution >= 0.6 is 0 Å². The van der Waals surface area contributed by atoms with Crippen molar-refractivity contribution in [1.29, 1.82) is 0 Å². The third kappa shape index (κ3) is 3.73. The van der Waals surface area contributed by atoms with E-state index in [0.717, 1.165) is 37.2 Å². The number of hydrogen-bond donors (Lipinski definition) is 1. The van der Waals surface area contributed by atoms with Gasteiger partial charge in [0.1, 0.15) is 5.75 Å². The number of piperidine rings is 1. The molecular weight excluding hydrogens is 252 g/mol. The second kappa shape index (κ2) is 6.75. The van der Waals surface area contributed by atoms with Gasteiger partial charge < -0.3 is 15.0 Å². The number of carbonyl (C=O) groups is 1. The highest BCUT2D eigenvalue weighted by atomic mass is 16.5. The van der Waals surface area contributed by atoms with E-state index in [0.29, 0.717) is 12.1 Å².